The maximum atomic E-state index is 13.5. The molecule has 2 aliphatic rings. The van der Waals surface area contributed by atoms with Crippen LogP contribution in [0.4, 0.5) is 19.1 Å². The summed E-state index contributed by atoms with van der Waals surface area (Å²) >= 11 is 0. The number of aryl methyl sites for hydroxylation is 2. The van der Waals surface area contributed by atoms with Crippen LogP contribution in [0, 0.1) is 5.92 Å². The predicted octanol–water partition coefficient (Wildman–Crippen LogP) is 2.00. The second-order valence-corrected chi connectivity index (χ2v) is 8.74. The van der Waals surface area contributed by atoms with Crippen molar-refractivity contribution in [3.63, 3.8) is 0 Å². The van der Waals surface area contributed by atoms with Gasteiger partial charge in [-0.2, -0.15) is 18.2 Å². The number of halogens is 3. The van der Waals surface area contributed by atoms with E-state index in [1.165, 1.54) is 11.6 Å². The average molecular weight is 488 g/mol. The third-order valence-corrected chi connectivity index (χ3v) is 6.52. The Morgan fingerprint density at radius 2 is 1.91 bits per heavy atom. The van der Waals surface area contributed by atoms with Gasteiger partial charge in [0.25, 0.3) is 5.56 Å². The first-order valence-electron chi connectivity index (χ1n) is 11.2. The second-order valence-electron chi connectivity index (χ2n) is 8.74. The molecule has 9 nitrogen and oxygen atoms in total. The number of alkyl halides is 3. The van der Waals surface area contributed by atoms with Gasteiger partial charge < -0.3 is 14.8 Å². The maximum absolute atomic E-state index is 13.5. The molecular weight excluding hydrogens is 465 g/mol. The lowest BCUT2D eigenvalue weighted by atomic mass is 10.1. The smallest absolute Gasteiger partial charge is 0.389 e. The zero-order valence-electron chi connectivity index (χ0n) is 18.9. The van der Waals surface area contributed by atoms with Gasteiger partial charge in [-0.1, -0.05) is 30.3 Å². The summed E-state index contributed by atoms with van der Waals surface area (Å²) in [6.07, 6.45) is -3.04. The highest BCUT2D eigenvalue weighted by Gasteiger charge is 2.36. The van der Waals surface area contributed by atoms with Crippen molar-refractivity contribution in [3.05, 3.63) is 68.6 Å². The van der Waals surface area contributed by atoms with Gasteiger partial charge >= 0.3 is 11.9 Å². The Morgan fingerprint density at radius 1 is 1.17 bits per heavy atom. The Balaban J connectivity index is 1.67. The van der Waals surface area contributed by atoms with Crippen molar-refractivity contribution in [1.82, 2.24) is 24.0 Å². The third kappa shape index (κ3) is 4.02. The molecule has 1 fully saturated rings. The fourth-order valence-corrected chi connectivity index (χ4v) is 4.72. The lowest BCUT2D eigenvalue weighted by molar-refractivity contribution is -0.136. The standard InChI is InChI=1S/C23H23F3N6O3/c1-29-19-18(20(34)32(22(29)35)13-17(33)14-5-3-2-4-6-14)31(10-8-23(24,25)26)21(28-19)30-9-7-15-11-27-12-16(15)30/h2-6,12,15,27H,7-11,13H2,1H3. The summed E-state index contributed by atoms with van der Waals surface area (Å²) in [6.45, 7) is 0.174. The highest BCUT2D eigenvalue weighted by molar-refractivity contribution is 5.95. The van der Waals surface area contributed by atoms with Crippen molar-refractivity contribution in [1.29, 1.82) is 0 Å². The van der Waals surface area contributed by atoms with E-state index in [9.17, 15) is 27.6 Å². The third-order valence-electron chi connectivity index (χ3n) is 6.52. The molecule has 184 valence electrons. The molecule has 0 bridgehead atoms. The number of hydrogen-bond donors (Lipinski definition) is 1. The van der Waals surface area contributed by atoms with Crippen molar-refractivity contribution in [3.8, 4) is 0 Å². The van der Waals surface area contributed by atoms with Crippen LogP contribution in [0.2, 0.25) is 0 Å². The quantitative estimate of drug-likeness (QED) is 0.534. The molecule has 0 spiro atoms. The van der Waals surface area contributed by atoms with E-state index in [-0.39, 0.29) is 23.0 Å². The van der Waals surface area contributed by atoms with Crippen LogP contribution in [0.3, 0.4) is 0 Å². The van der Waals surface area contributed by atoms with E-state index in [1.54, 1.807) is 41.4 Å². The number of anilines is 1. The molecule has 0 aliphatic carbocycles. The summed E-state index contributed by atoms with van der Waals surface area (Å²) in [5.41, 5.74) is -0.560. The topological polar surface area (TPSA) is 94.2 Å². The number of ketones is 1. The van der Waals surface area contributed by atoms with E-state index < -0.39 is 42.7 Å². The molecule has 3 aromatic rings. The van der Waals surface area contributed by atoms with E-state index in [4.69, 9.17) is 0 Å². The van der Waals surface area contributed by atoms with Crippen molar-refractivity contribution < 1.29 is 18.0 Å². The molecule has 0 amide bonds. The lowest BCUT2D eigenvalue weighted by Gasteiger charge is -2.20. The molecule has 0 radical (unpaired) electrons. The Morgan fingerprint density at radius 3 is 2.63 bits per heavy atom. The second kappa shape index (κ2) is 8.43. The van der Waals surface area contributed by atoms with Crippen LogP contribution >= 0.6 is 0 Å². The summed E-state index contributed by atoms with van der Waals surface area (Å²) in [5, 5.41) is 3.13. The van der Waals surface area contributed by atoms with Gasteiger partial charge in [0, 0.05) is 50.1 Å². The predicted molar refractivity (Wildman–Crippen MR) is 122 cm³/mol. The number of rotatable bonds is 6. The minimum absolute atomic E-state index is 0.0180. The van der Waals surface area contributed by atoms with Crippen molar-refractivity contribution in [2.24, 2.45) is 13.0 Å². The van der Waals surface area contributed by atoms with Crippen LogP contribution in [0.5, 0.6) is 0 Å². The SMILES string of the molecule is Cn1c(=O)n(CC(=O)c2ccccc2)c(=O)c2c1nc(N1CCC3CNC=C31)n2CCC(F)(F)F. The highest BCUT2D eigenvalue weighted by atomic mass is 19.4. The number of nitrogens with one attached hydrogen (secondary N) is 1. The van der Waals surface area contributed by atoms with Crippen molar-refractivity contribution in [2.45, 2.75) is 32.1 Å². The first-order chi connectivity index (χ1) is 16.7. The van der Waals surface area contributed by atoms with Gasteiger partial charge in [0.1, 0.15) is 0 Å². The fraction of sp³-hybridized carbons (Fsp3) is 0.391. The summed E-state index contributed by atoms with van der Waals surface area (Å²) < 4.78 is 42.7. The Hall–Kier alpha value is -3.83. The number of carbonyl (C=O) groups excluding carboxylic acids is 1. The van der Waals surface area contributed by atoms with Gasteiger partial charge in [-0.3, -0.25) is 18.7 Å². The van der Waals surface area contributed by atoms with Crippen LogP contribution in [0.15, 0.2) is 51.8 Å². The maximum Gasteiger partial charge on any atom is 0.390 e. The molecule has 1 atom stereocenters. The molecule has 1 unspecified atom stereocenters. The van der Waals surface area contributed by atoms with E-state index in [2.05, 4.69) is 10.3 Å². The molecule has 1 aromatic carbocycles. The van der Waals surface area contributed by atoms with Gasteiger partial charge in [-0.25, -0.2) is 4.79 Å². The van der Waals surface area contributed by atoms with Crippen molar-refractivity contribution in [2.75, 3.05) is 18.0 Å². The normalized spacial score (nSPS) is 17.5. The number of benzene rings is 1. The zero-order chi connectivity index (χ0) is 24.9. The summed E-state index contributed by atoms with van der Waals surface area (Å²) in [4.78, 5) is 45.5. The number of fused-ring (bicyclic) bond motifs is 2. The first-order valence-corrected chi connectivity index (χ1v) is 11.2. The van der Waals surface area contributed by atoms with Gasteiger partial charge in [-0.15, -0.1) is 0 Å². The molecule has 1 saturated heterocycles. The molecule has 0 saturated carbocycles. The summed E-state index contributed by atoms with van der Waals surface area (Å²) in [7, 11) is 1.39. The fourth-order valence-electron chi connectivity index (χ4n) is 4.72. The van der Waals surface area contributed by atoms with E-state index in [0.29, 0.717) is 12.1 Å². The Labute approximate surface area is 197 Å². The number of Topliss-reactive ketones (excluding diaryl/α,β-unsaturated/α-hetero) is 1. The molecular formula is C23H23F3N6O3. The van der Waals surface area contributed by atoms with Gasteiger partial charge in [0.05, 0.1) is 13.0 Å². The van der Waals surface area contributed by atoms with E-state index in [0.717, 1.165) is 27.8 Å². The number of nitrogens with zero attached hydrogens (tertiary/aromatic N) is 5. The van der Waals surface area contributed by atoms with Crippen LogP contribution in [0.25, 0.3) is 11.2 Å². The average Bonchev–Trinajstić information content (AvgIpc) is 3.53. The molecule has 2 aromatic heterocycles. The molecule has 1 N–H and O–H groups in total. The van der Waals surface area contributed by atoms with Crippen LogP contribution < -0.4 is 21.5 Å². The Bertz CT molecular complexity index is 1450. The molecule has 5 rings (SSSR count). The highest BCUT2D eigenvalue weighted by Crippen LogP contribution is 2.35. The lowest BCUT2D eigenvalue weighted by Crippen LogP contribution is -2.41. The van der Waals surface area contributed by atoms with Crippen molar-refractivity contribution >= 4 is 22.9 Å². The molecule has 35 heavy (non-hydrogen) atoms. The van der Waals surface area contributed by atoms with Crippen LogP contribution in [-0.4, -0.2) is 43.7 Å². The number of aromatic nitrogens is 4. The van der Waals surface area contributed by atoms with E-state index >= 15 is 0 Å². The molecule has 4 heterocycles. The number of imidazole rings is 1. The molecule has 2 aliphatic heterocycles. The number of hydrogen-bond acceptors (Lipinski definition) is 6. The summed E-state index contributed by atoms with van der Waals surface area (Å²) in [6, 6.07) is 8.18. The van der Waals surface area contributed by atoms with Gasteiger partial charge in [0.2, 0.25) is 5.95 Å². The van der Waals surface area contributed by atoms with Gasteiger partial charge in [0.15, 0.2) is 16.9 Å². The largest absolute Gasteiger partial charge is 0.390 e. The minimum atomic E-state index is -4.46. The Kier molecular flexibility index (Phi) is 5.53. The summed E-state index contributed by atoms with van der Waals surface area (Å²) in [5.74, 6) is -0.0777. The van der Waals surface area contributed by atoms with Gasteiger partial charge in [-0.05, 0) is 6.42 Å². The monoisotopic (exact) mass is 488 g/mol. The molecule has 12 heteroatoms. The van der Waals surface area contributed by atoms with Crippen LogP contribution in [-0.2, 0) is 20.1 Å². The van der Waals surface area contributed by atoms with Crippen LogP contribution in [0.1, 0.15) is 23.2 Å². The first kappa shape index (κ1) is 22.9. The number of carbonyl (C=O) groups is 1. The zero-order valence-corrected chi connectivity index (χ0v) is 18.9. The minimum Gasteiger partial charge on any atom is -0.389 e. The van der Waals surface area contributed by atoms with E-state index in [1.807, 2.05) is 0 Å².